The SMILES string of the molecule is C#CCC(N)C(=O)NCc1ccccc1Br. The Balaban J connectivity index is 2.50. The van der Waals surface area contributed by atoms with E-state index in [4.69, 9.17) is 12.2 Å². The fraction of sp³-hybridized carbons (Fsp3) is 0.250. The smallest absolute Gasteiger partial charge is 0.238 e. The molecule has 3 nitrogen and oxygen atoms in total. The van der Waals surface area contributed by atoms with Gasteiger partial charge in [0.15, 0.2) is 0 Å². The first-order valence-electron chi connectivity index (χ1n) is 4.85. The summed E-state index contributed by atoms with van der Waals surface area (Å²) in [6, 6.07) is 7.04. The van der Waals surface area contributed by atoms with Gasteiger partial charge in [0, 0.05) is 17.4 Å². The average molecular weight is 281 g/mol. The van der Waals surface area contributed by atoms with E-state index in [9.17, 15) is 4.79 Å². The summed E-state index contributed by atoms with van der Waals surface area (Å²) in [6.45, 7) is 0.443. The summed E-state index contributed by atoms with van der Waals surface area (Å²) in [4.78, 5) is 11.5. The van der Waals surface area contributed by atoms with Crippen LogP contribution >= 0.6 is 15.9 Å². The molecular formula is C12H13BrN2O. The topological polar surface area (TPSA) is 55.1 Å². The first kappa shape index (κ1) is 12.8. The van der Waals surface area contributed by atoms with Gasteiger partial charge >= 0.3 is 0 Å². The van der Waals surface area contributed by atoms with Gasteiger partial charge in [0.05, 0.1) is 6.04 Å². The van der Waals surface area contributed by atoms with E-state index in [0.29, 0.717) is 6.54 Å². The summed E-state index contributed by atoms with van der Waals surface area (Å²) in [5.41, 5.74) is 6.57. The molecule has 1 unspecified atom stereocenters. The summed E-state index contributed by atoms with van der Waals surface area (Å²) < 4.78 is 0.959. The Morgan fingerprint density at radius 1 is 1.56 bits per heavy atom. The van der Waals surface area contributed by atoms with Crippen LogP contribution in [0.15, 0.2) is 28.7 Å². The molecule has 3 N–H and O–H groups in total. The second-order valence-corrected chi connectivity index (χ2v) is 4.18. The third-order valence-corrected chi connectivity index (χ3v) is 2.86. The maximum absolute atomic E-state index is 11.5. The van der Waals surface area contributed by atoms with E-state index in [1.165, 1.54) is 0 Å². The van der Waals surface area contributed by atoms with E-state index in [2.05, 4.69) is 27.2 Å². The second-order valence-electron chi connectivity index (χ2n) is 3.32. The molecule has 4 heteroatoms. The van der Waals surface area contributed by atoms with Gasteiger partial charge in [-0.25, -0.2) is 0 Å². The van der Waals surface area contributed by atoms with Crippen LogP contribution in [0.1, 0.15) is 12.0 Å². The lowest BCUT2D eigenvalue weighted by atomic mass is 10.2. The number of benzene rings is 1. The molecule has 0 spiro atoms. The molecule has 1 rings (SSSR count). The molecule has 1 amide bonds. The summed E-state index contributed by atoms with van der Waals surface area (Å²) >= 11 is 3.40. The van der Waals surface area contributed by atoms with Gasteiger partial charge in [0.2, 0.25) is 5.91 Å². The molecule has 0 saturated carbocycles. The fourth-order valence-corrected chi connectivity index (χ4v) is 1.60. The highest BCUT2D eigenvalue weighted by atomic mass is 79.9. The standard InChI is InChI=1S/C12H13BrN2O/c1-2-5-11(14)12(16)15-8-9-6-3-4-7-10(9)13/h1,3-4,6-7,11H,5,8,14H2,(H,15,16). The fourth-order valence-electron chi connectivity index (χ4n) is 1.17. The number of halogens is 1. The van der Waals surface area contributed by atoms with Gasteiger partial charge in [-0.05, 0) is 11.6 Å². The number of carbonyl (C=O) groups excluding carboxylic acids is 1. The Morgan fingerprint density at radius 2 is 2.25 bits per heavy atom. The van der Waals surface area contributed by atoms with Gasteiger partial charge in [-0.15, -0.1) is 12.3 Å². The third kappa shape index (κ3) is 3.69. The van der Waals surface area contributed by atoms with Crippen LogP contribution in [0.5, 0.6) is 0 Å². The summed E-state index contributed by atoms with van der Waals surface area (Å²) in [6.07, 6.45) is 5.33. The van der Waals surface area contributed by atoms with Gasteiger partial charge in [0.1, 0.15) is 0 Å². The van der Waals surface area contributed by atoms with Crippen molar-refractivity contribution in [1.82, 2.24) is 5.32 Å². The molecular weight excluding hydrogens is 268 g/mol. The zero-order valence-corrected chi connectivity index (χ0v) is 10.3. The number of nitrogens with two attached hydrogens (primary N) is 1. The maximum Gasteiger partial charge on any atom is 0.238 e. The molecule has 0 saturated heterocycles. The van der Waals surface area contributed by atoms with Crippen LogP contribution in [-0.4, -0.2) is 11.9 Å². The molecule has 1 aromatic rings. The van der Waals surface area contributed by atoms with E-state index in [-0.39, 0.29) is 12.3 Å². The number of carbonyl (C=O) groups is 1. The Hall–Kier alpha value is -1.31. The predicted molar refractivity (Wildman–Crippen MR) is 67.4 cm³/mol. The highest BCUT2D eigenvalue weighted by Gasteiger charge is 2.11. The lowest BCUT2D eigenvalue weighted by Gasteiger charge is -2.10. The van der Waals surface area contributed by atoms with Crippen molar-refractivity contribution in [3.8, 4) is 12.3 Å². The Morgan fingerprint density at radius 3 is 2.88 bits per heavy atom. The highest BCUT2D eigenvalue weighted by molar-refractivity contribution is 9.10. The van der Waals surface area contributed by atoms with Crippen molar-refractivity contribution in [2.45, 2.75) is 19.0 Å². The van der Waals surface area contributed by atoms with Crippen molar-refractivity contribution >= 4 is 21.8 Å². The lowest BCUT2D eigenvalue weighted by molar-refractivity contribution is -0.122. The van der Waals surface area contributed by atoms with Crippen LogP contribution in [0.2, 0.25) is 0 Å². The minimum absolute atomic E-state index is 0.228. The largest absolute Gasteiger partial charge is 0.351 e. The molecule has 16 heavy (non-hydrogen) atoms. The predicted octanol–water partition coefficient (Wildman–Crippen LogP) is 1.42. The molecule has 0 aliphatic rings. The monoisotopic (exact) mass is 280 g/mol. The number of hydrogen-bond acceptors (Lipinski definition) is 2. The minimum atomic E-state index is -0.632. The van der Waals surface area contributed by atoms with Crippen LogP contribution in [0.3, 0.4) is 0 Å². The lowest BCUT2D eigenvalue weighted by Crippen LogP contribution is -2.39. The first-order valence-corrected chi connectivity index (χ1v) is 5.64. The van der Waals surface area contributed by atoms with Crippen LogP contribution < -0.4 is 11.1 Å². The van der Waals surface area contributed by atoms with E-state index in [1.807, 2.05) is 24.3 Å². The average Bonchev–Trinajstić information content (AvgIpc) is 2.28. The molecule has 84 valence electrons. The van der Waals surface area contributed by atoms with Crippen LogP contribution in [0.25, 0.3) is 0 Å². The Labute approximate surface area is 104 Å². The van der Waals surface area contributed by atoms with E-state index in [0.717, 1.165) is 10.0 Å². The molecule has 0 fully saturated rings. The van der Waals surface area contributed by atoms with Gasteiger partial charge in [0.25, 0.3) is 0 Å². The molecule has 1 atom stereocenters. The number of nitrogens with one attached hydrogen (secondary N) is 1. The number of hydrogen-bond donors (Lipinski definition) is 2. The van der Waals surface area contributed by atoms with Crippen molar-refractivity contribution < 1.29 is 4.79 Å². The highest BCUT2D eigenvalue weighted by Crippen LogP contribution is 2.15. The molecule has 0 aromatic heterocycles. The van der Waals surface area contributed by atoms with Crippen molar-refractivity contribution in [2.75, 3.05) is 0 Å². The quantitative estimate of drug-likeness (QED) is 0.820. The van der Waals surface area contributed by atoms with Crippen LogP contribution in [0, 0.1) is 12.3 Å². The Bertz CT molecular complexity index is 412. The van der Waals surface area contributed by atoms with E-state index < -0.39 is 6.04 Å². The summed E-state index contributed by atoms with van der Waals surface area (Å²) in [7, 11) is 0. The Kier molecular flexibility index (Phi) is 5.03. The molecule has 0 heterocycles. The van der Waals surface area contributed by atoms with E-state index >= 15 is 0 Å². The minimum Gasteiger partial charge on any atom is -0.351 e. The number of rotatable bonds is 4. The van der Waals surface area contributed by atoms with Crippen molar-refractivity contribution in [3.63, 3.8) is 0 Å². The second kappa shape index (κ2) is 6.31. The molecule has 0 aliphatic carbocycles. The molecule has 0 radical (unpaired) electrons. The van der Waals surface area contributed by atoms with Crippen molar-refractivity contribution in [1.29, 1.82) is 0 Å². The molecule has 0 bridgehead atoms. The molecule has 1 aromatic carbocycles. The third-order valence-electron chi connectivity index (χ3n) is 2.09. The normalized spacial score (nSPS) is 11.6. The zero-order chi connectivity index (χ0) is 12.0. The first-order chi connectivity index (χ1) is 7.65. The number of terminal acetylenes is 1. The van der Waals surface area contributed by atoms with Gasteiger partial charge in [-0.3, -0.25) is 4.79 Å². The molecule has 0 aliphatic heterocycles. The van der Waals surface area contributed by atoms with Crippen LogP contribution in [-0.2, 0) is 11.3 Å². The van der Waals surface area contributed by atoms with Crippen LogP contribution in [0.4, 0.5) is 0 Å². The summed E-state index contributed by atoms with van der Waals surface area (Å²) in [5.74, 6) is 2.13. The van der Waals surface area contributed by atoms with Gasteiger partial charge in [-0.2, -0.15) is 0 Å². The number of amides is 1. The van der Waals surface area contributed by atoms with Gasteiger partial charge in [-0.1, -0.05) is 34.1 Å². The van der Waals surface area contributed by atoms with Gasteiger partial charge < -0.3 is 11.1 Å². The van der Waals surface area contributed by atoms with E-state index in [1.54, 1.807) is 0 Å². The zero-order valence-electron chi connectivity index (χ0n) is 8.74. The van der Waals surface area contributed by atoms with Crippen molar-refractivity contribution in [3.05, 3.63) is 34.3 Å². The van der Waals surface area contributed by atoms with Crippen molar-refractivity contribution in [2.24, 2.45) is 5.73 Å². The summed E-state index contributed by atoms with van der Waals surface area (Å²) in [5, 5.41) is 2.73. The maximum atomic E-state index is 11.5.